The molecule has 2 amide bonds. The van der Waals surface area contributed by atoms with Gasteiger partial charge in [-0.15, -0.1) is 0 Å². The van der Waals surface area contributed by atoms with Gasteiger partial charge in [0.2, 0.25) is 0 Å². The highest BCUT2D eigenvalue weighted by atomic mass is 16.6. The van der Waals surface area contributed by atoms with Crippen molar-refractivity contribution in [3.63, 3.8) is 0 Å². The summed E-state index contributed by atoms with van der Waals surface area (Å²) in [5.74, 6) is -1.35. The lowest BCUT2D eigenvalue weighted by molar-refractivity contribution is -0.153. The number of furan rings is 1. The summed E-state index contributed by atoms with van der Waals surface area (Å²) in [5, 5.41) is 2.78. The van der Waals surface area contributed by atoms with E-state index in [9.17, 15) is 14.4 Å². The second-order valence-electron chi connectivity index (χ2n) is 5.48. The molecule has 0 fully saturated rings. The zero-order valence-electron chi connectivity index (χ0n) is 14.0. The molecule has 0 aliphatic carbocycles. The van der Waals surface area contributed by atoms with Gasteiger partial charge in [-0.05, 0) is 44.0 Å². The van der Waals surface area contributed by atoms with Crippen molar-refractivity contribution in [1.82, 2.24) is 5.32 Å². The Hall–Kier alpha value is -2.83. The molecule has 0 aliphatic heterocycles. The van der Waals surface area contributed by atoms with Crippen LogP contribution in [0.15, 0.2) is 22.8 Å². The first-order valence-electron chi connectivity index (χ1n) is 7.37. The van der Waals surface area contributed by atoms with Crippen molar-refractivity contribution in [3.8, 4) is 0 Å². The second-order valence-corrected chi connectivity index (χ2v) is 5.48. The minimum absolute atomic E-state index is 0.0364. The molecule has 0 saturated heterocycles. The summed E-state index contributed by atoms with van der Waals surface area (Å²) in [5.41, 5.74) is 3.56. The zero-order valence-corrected chi connectivity index (χ0v) is 14.0. The molecular formula is C17H19NO6. The average molecular weight is 333 g/mol. The third kappa shape index (κ3) is 3.92. The normalized spacial score (nSPS) is 11.8. The molecule has 0 radical (unpaired) electrons. The van der Waals surface area contributed by atoms with Crippen molar-refractivity contribution in [2.75, 3.05) is 7.11 Å². The molecule has 1 N–H and O–H groups in total. The van der Waals surface area contributed by atoms with E-state index < -0.39 is 24.1 Å². The third-order valence-electron chi connectivity index (χ3n) is 3.69. The highest BCUT2D eigenvalue weighted by Crippen LogP contribution is 2.25. The fourth-order valence-corrected chi connectivity index (χ4v) is 2.17. The van der Waals surface area contributed by atoms with Crippen LogP contribution in [-0.4, -0.2) is 31.2 Å². The number of alkyl carbamates (subject to hydrolysis) is 1. The van der Waals surface area contributed by atoms with Gasteiger partial charge in [0.1, 0.15) is 5.58 Å². The molecule has 2 aromatic rings. The third-order valence-corrected chi connectivity index (χ3v) is 3.69. The number of rotatable bonds is 4. The first-order valence-corrected chi connectivity index (χ1v) is 7.37. The number of amides is 2. The summed E-state index contributed by atoms with van der Waals surface area (Å²) in [7, 11) is 1.13. The van der Waals surface area contributed by atoms with Crippen LogP contribution in [0, 0.1) is 13.8 Å². The Morgan fingerprint density at radius 3 is 2.54 bits per heavy atom. The van der Waals surface area contributed by atoms with Crippen LogP contribution in [0.5, 0.6) is 0 Å². The van der Waals surface area contributed by atoms with Gasteiger partial charge in [-0.25, -0.2) is 4.79 Å². The van der Waals surface area contributed by atoms with Crippen LogP contribution in [0.4, 0.5) is 4.79 Å². The van der Waals surface area contributed by atoms with Crippen LogP contribution < -0.4 is 5.32 Å². The Morgan fingerprint density at radius 2 is 1.88 bits per heavy atom. The van der Waals surface area contributed by atoms with Gasteiger partial charge >= 0.3 is 12.1 Å². The van der Waals surface area contributed by atoms with E-state index in [1.165, 1.54) is 13.2 Å². The van der Waals surface area contributed by atoms with E-state index in [0.29, 0.717) is 11.1 Å². The van der Waals surface area contributed by atoms with Crippen molar-refractivity contribution < 1.29 is 28.3 Å². The zero-order chi connectivity index (χ0) is 17.9. The summed E-state index contributed by atoms with van der Waals surface area (Å²) in [6.07, 6.45) is -0.552. The maximum atomic E-state index is 12.0. The van der Waals surface area contributed by atoms with Gasteiger partial charge in [-0.3, -0.25) is 14.9 Å². The van der Waals surface area contributed by atoms with Gasteiger partial charge in [0.05, 0.1) is 19.8 Å². The number of imide groups is 1. The molecule has 0 aliphatic rings. The van der Waals surface area contributed by atoms with Crippen LogP contribution >= 0.6 is 0 Å². The monoisotopic (exact) mass is 333 g/mol. The van der Waals surface area contributed by atoms with Crippen molar-refractivity contribution in [2.24, 2.45) is 0 Å². The van der Waals surface area contributed by atoms with E-state index >= 15 is 0 Å². The molecule has 0 unspecified atom stereocenters. The van der Waals surface area contributed by atoms with E-state index in [4.69, 9.17) is 9.15 Å². The fourth-order valence-electron chi connectivity index (χ4n) is 2.17. The minimum atomic E-state index is -1.11. The maximum Gasteiger partial charge on any atom is 0.413 e. The summed E-state index contributed by atoms with van der Waals surface area (Å²) in [6, 6.07) is 3.86. The molecule has 2 rings (SSSR count). The van der Waals surface area contributed by atoms with Crippen LogP contribution in [0.3, 0.4) is 0 Å². The van der Waals surface area contributed by atoms with Gasteiger partial charge in [-0.2, -0.15) is 0 Å². The number of aryl methyl sites for hydroxylation is 2. The van der Waals surface area contributed by atoms with Gasteiger partial charge < -0.3 is 13.9 Å². The van der Waals surface area contributed by atoms with E-state index in [2.05, 4.69) is 4.74 Å². The number of hydrogen-bond acceptors (Lipinski definition) is 6. The van der Waals surface area contributed by atoms with Crippen molar-refractivity contribution in [1.29, 1.82) is 0 Å². The molecular weight excluding hydrogens is 314 g/mol. The highest BCUT2D eigenvalue weighted by molar-refractivity contribution is 5.95. The Bertz CT molecular complexity index is 792. The van der Waals surface area contributed by atoms with E-state index in [1.807, 2.05) is 31.3 Å². The standard InChI is InChI=1S/C17H19NO6/c1-9-5-13-12(8-23-14(13)6-10(9)2)7-15(19)24-11(3)16(20)18-17(21)22-4/h5-6,8,11H,7H2,1-4H3,(H,18,20,21)/t11-/m1/s1. The van der Waals surface area contributed by atoms with E-state index in [0.717, 1.165) is 23.6 Å². The molecule has 1 aromatic heterocycles. The predicted molar refractivity (Wildman–Crippen MR) is 85.5 cm³/mol. The second kappa shape index (κ2) is 7.16. The lowest BCUT2D eigenvalue weighted by atomic mass is 10.0. The number of carbonyl (C=O) groups excluding carboxylic acids is 3. The molecule has 24 heavy (non-hydrogen) atoms. The lowest BCUT2D eigenvalue weighted by Crippen LogP contribution is -2.39. The first kappa shape index (κ1) is 17.5. The smallest absolute Gasteiger partial charge is 0.413 e. The SMILES string of the molecule is COC(=O)NC(=O)[C@@H](C)OC(=O)Cc1coc2cc(C)c(C)cc12. The number of esters is 1. The van der Waals surface area contributed by atoms with Crippen molar-refractivity contribution >= 4 is 28.9 Å². The summed E-state index contributed by atoms with van der Waals surface area (Å²) >= 11 is 0. The quantitative estimate of drug-likeness (QED) is 0.863. The largest absolute Gasteiger partial charge is 0.464 e. The number of fused-ring (bicyclic) bond motifs is 1. The van der Waals surface area contributed by atoms with Crippen molar-refractivity contribution in [3.05, 3.63) is 35.1 Å². The topological polar surface area (TPSA) is 94.8 Å². The van der Waals surface area contributed by atoms with Gasteiger partial charge in [0.15, 0.2) is 6.10 Å². The molecule has 7 nitrogen and oxygen atoms in total. The molecule has 1 heterocycles. The van der Waals surface area contributed by atoms with Crippen molar-refractivity contribution in [2.45, 2.75) is 33.3 Å². The highest BCUT2D eigenvalue weighted by Gasteiger charge is 2.21. The Kier molecular flexibility index (Phi) is 5.23. The first-order chi connectivity index (χ1) is 11.3. The molecule has 0 spiro atoms. The molecule has 128 valence electrons. The number of hydrogen-bond donors (Lipinski definition) is 1. The Balaban J connectivity index is 2.03. The number of carbonyl (C=O) groups is 3. The fraction of sp³-hybridized carbons (Fsp3) is 0.353. The molecule has 0 saturated carbocycles. The van der Waals surface area contributed by atoms with Crippen LogP contribution in [0.25, 0.3) is 11.0 Å². The van der Waals surface area contributed by atoms with E-state index in [-0.39, 0.29) is 6.42 Å². The van der Waals surface area contributed by atoms with E-state index in [1.54, 1.807) is 0 Å². The summed E-state index contributed by atoms with van der Waals surface area (Å²) in [6.45, 7) is 5.33. The lowest BCUT2D eigenvalue weighted by Gasteiger charge is -2.12. The van der Waals surface area contributed by atoms with Crippen LogP contribution in [-0.2, 0) is 25.5 Å². The summed E-state index contributed by atoms with van der Waals surface area (Å²) < 4.78 is 14.8. The van der Waals surface area contributed by atoms with Gasteiger partial charge in [-0.1, -0.05) is 0 Å². The Morgan fingerprint density at radius 1 is 1.21 bits per heavy atom. The van der Waals surface area contributed by atoms with Crippen LogP contribution in [0.1, 0.15) is 23.6 Å². The molecule has 0 bridgehead atoms. The molecule has 7 heteroatoms. The summed E-state index contributed by atoms with van der Waals surface area (Å²) in [4.78, 5) is 34.6. The van der Waals surface area contributed by atoms with Gasteiger partial charge in [0, 0.05) is 10.9 Å². The number of ether oxygens (including phenoxy) is 2. The predicted octanol–water partition coefficient (Wildman–Crippen LogP) is 2.41. The van der Waals surface area contributed by atoms with Crippen LogP contribution in [0.2, 0.25) is 0 Å². The van der Waals surface area contributed by atoms with Gasteiger partial charge in [0.25, 0.3) is 5.91 Å². The molecule has 1 aromatic carbocycles. The Labute approximate surface area is 138 Å². The average Bonchev–Trinajstić information content (AvgIpc) is 2.89. The minimum Gasteiger partial charge on any atom is -0.464 e. The number of benzene rings is 1. The maximum absolute atomic E-state index is 12.0. The number of methoxy groups -OCH3 is 1. The molecule has 1 atom stereocenters. The number of nitrogens with one attached hydrogen (secondary N) is 1.